The summed E-state index contributed by atoms with van der Waals surface area (Å²) in [6.07, 6.45) is -3.89. The molecule has 0 atom stereocenters. The van der Waals surface area contributed by atoms with Crippen LogP contribution in [0, 0.1) is 0 Å². The molecule has 11 heteroatoms. The second-order valence-electron chi connectivity index (χ2n) is 7.72. The first kappa shape index (κ1) is 27.6. The highest BCUT2D eigenvalue weighted by molar-refractivity contribution is 7.07. The molecular formula is C25H30F3N3O4S. The molecule has 0 aliphatic carbocycles. The Morgan fingerprint density at radius 1 is 0.972 bits per heavy atom. The zero-order valence-corrected chi connectivity index (χ0v) is 21.2. The molecule has 2 aromatic carbocycles. The van der Waals surface area contributed by atoms with Crippen molar-refractivity contribution >= 4 is 11.3 Å². The van der Waals surface area contributed by atoms with Gasteiger partial charge < -0.3 is 28.8 Å². The topological polar surface area (TPSA) is 66.2 Å². The minimum atomic E-state index is -4.73. The number of aromatic nitrogens is 1. The number of benzene rings is 2. The Labute approximate surface area is 212 Å². The molecule has 3 rings (SSSR count). The number of nitrogens with one attached hydrogen (secondary N) is 1. The van der Waals surface area contributed by atoms with E-state index in [-0.39, 0.29) is 5.75 Å². The lowest BCUT2D eigenvalue weighted by Crippen LogP contribution is -2.23. The summed E-state index contributed by atoms with van der Waals surface area (Å²) in [7, 11) is 4.86. The van der Waals surface area contributed by atoms with Gasteiger partial charge in [-0.3, -0.25) is 4.99 Å². The molecule has 0 spiro atoms. The maximum absolute atomic E-state index is 12.5. The highest BCUT2D eigenvalue weighted by Crippen LogP contribution is 2.28. The van der Waals surface area contributed by atoms with E-state index >= 15 is 0 Å². The third kappa shape index (κ3) is 8.00. The summed E-state index contributed by atoms with van der Waals surface area (Å²) in [4.78, 5) is 5.63. The van der Waals surface area contributed by atoms with Gasteiger partial charge in [0, 0.05) is 37.2 Å². The summed E-state index contributed by atoms with van der Waals surface area (Å²) in [6, 6.07) is 11.5. The van der Waals surface area contributed by atoms with Gasteiger partial charge in [-0.25, -0.2) is 0 Å². The zero-order valence-electron chi connectivity index (χ0n) is 20.4. The van der Waals surface area contributed by atoms with E-state index in [1.165, 1.54) is 23.5 Å². The molecule has 0 saturated heterocycles. The fourth-order valence-corrected chi connectivity index (χ4v) is 4.46. The number of alkyl halides is 3. The first-order valence-electron chi connectivity index (χ1n) is 11.3. The van der Waals surface area contributed by atoms with Gasteiger partial charge in [-0.1, -0.05) is 0 Å². The van der Waals surface area contributed by atoms with Crippen molar-refractivity contribution in [3.05, 3.63) is 58.2 Å². The molecule has 0 bridgehead atoms. The van der Waals surface area contributed by atoms with E-state index in [0.29, 0.717) is 31.2 Å². The number of methoxy groups -OCH3 is 3. The Kier molecular flexibility index (Phi) is 10.2. The highest BCUT2D eigenvalue weighted by atomic mass is 32.1. The molecule has 0 aliphatic rings. The van der Waals surface area contributed by atoms with Crippen LogP contribution in [-0.4, -0.2) is 52.0 Å². The number of hydrogen-bond donors (Lipinski definition) is 1. The summed E-state index contributed by atoms with van der Waals surface area (Å²) in [5, 5.41) is 5.28. The van der Waals surface area contributed by atoms with Crippen LogP contribution in [0.5, 0.6) is 17.2 Å². The first-order valence-corrected chi connectivity index (χ1v) is 12.2. The molecule has 0 saturated carbocycles. The van der Waals surface area contributed by atoms with E-state index < -0.39 is 6.36 Å². The van der Waals surface area contributed by atoms with E-state index in [9.17, 15) is 13.2 Å². The van der Waals surface area contributed by atoms with Crippen molar-refractivity contribution in [3.8, 4) is 28.5 Å². The van der Waals surface area contributed by atoms with Crippen molar-refractivity contribution < 1.29 is 32.1 Å². The lowest BCUT2D eigenvalue weighted by molar-refractivity contribution is -0.274. The Morgan fingerprint density at radius 2 is 1.72 bits per heavy atom. The number of hydrogen-bond acceptors (Lipinski definition) is 7. The molecule has 196 valence electrons. The predicted octanol–water partition coefficient (Wildman–Crippen LogP) is 4.86. The molecule has 0 amide bonds. The monoisotopic (exact) mass is 525 g/mol. The molecule has 1 aromatic heterocycles. The molecule has 0 aliphatic heterocycles. The largest absolute Gasteiger partial charge is 0.573 e. The molecule has 0 unspecified atom stereocenters. The van der Waals surface area contributed by atoms with Crippen LogP contribution in [0.2, 0.25) is 0 Å². The first-order chi connectivity index (χ1) is 17.3. The van der Waals surface area contributed by atoms with Crippen molar-refractivity contribution in [1.82, 2.24) is 9.88 Å². The van der Waals surface area contributed by atoms with Gasteiger partial charge in [-0.15, -0.1) is 24.5 Å². The number of thiazole rings is 1. The fraction of sp³-hybridized carbons (Fsp3) is 0.400. The number of halogens is 3. The Balaban J connectivity index is 1.86. The SMILES string of the molecule is COCCNCCCn1c(-c2ccc(OC(F)(F)F)cc2)cs/c1=N\Cc1ccc(OC)cc1OC. The zero-order chi connectivity index (χ0) is 26.0. The average molecular weight is 526 g/mol. The van der Waals surface area contributed by atoms with Gasteiger partial charge in [0.2, 0.25) is 0 Å². The molecule has 0 radical (unpaired) electrons. The van der Waals surface area contributed by atoms with E-state index in [0.717, 1.165) is 41.1 Å². The fourth-order valence-electron chi connectivity index (χ4n) is 3.53. The Hall–Kier alpha value is -3.02. The third-order valence-corrected chi connectivity index (χ3v) is 6.18. The molecule has 1 heterocycles. The van der Waals surface area contributed by atoms with Gasteiger partial charge in [-0.2, -0.15) is 0 Å². The van der Waals surface area contributed by atoms with Gasteiger partial charge in [0.05, 0.1) is 33.1 Å². The van der Waals surface area contributed by atoms with Crippen LogP contribution in [0.1, 0.15) is 12.0 Å². The van der Waals surface area contributed by atoms with Crippen LogP contribution in [0.4, 0.5) is 13.2 Å². The van der Waals surface area contributed by atoms with Crippen LogP contribution in [0.25, 0.3) is 11.3 Å². The number of rotatable bonds is 13. The van der Waals surface area contributed by atoms with Gasteiger partial charge in [-0.05, 0) is 54.9 Å². The molecule has 3 aromatic rings. The van der Waals surface area contributed by atoms with Crippen LogP contribution in [0.3, 0.4) is 0 Å². The quantitative estimate of drug-likeness (QED) is 0.323. The maximum Gasteiger partial charge on any atom is 0.573 e. The molecule has 7 nitrogen and oxygen atoms in total. The van der Waals surface area contributed by atoms with E-state index in [2.05, 4.69) is 14.6 Å². The molecule has 1 N–H and O–H groups in total. The summed E-state index contributed by atoms with van der Waals surface area (Å²) in [6.45, 7) is 3.26. The smallest absolute Gasteiger partial charge is 0.497 e. The lowest BCUT2D eigenvalue weighted by Gasteiger charge is -2.12. The second-order valence-corrected chi connectivity index (χ2v) is 8.55. The summed E-state index contributed by atoms with van der Waals surface area (Å²) in [5.41, 5.74) is 2.56. The van der Waals surface area contributed by atoms with Crippen molar-refractivity contribution in [2.45, 2.75) is 25.9 Å². The van der Waals surface area contributed by atoms with Crippen LogP contribution < -0.4 is 24.3 Å². The van der Waals surface area contributed by atoms with Crippen LogP contribution >= 0.6 is 11.3 Å². The third-order valence-electron chi connectivity index (χ3n) is 5.28. The highest BCUT2D eigenvalue weighted by Gasteiger charge is 2.31. The van der Waals surface area contributed by atoms with Crippen molar-refractivity contribution in [3.63, 3.8) is 0 Å². The van der Waals surface area contributed by atoms with Crippen molar-refractivity contribution in [2.24, 2.45) is 4.99 Å². The standard InChI is InChI=1S/C25H30F3N3O4S/c1-32-14-12-29-11-4-13-31-22(18-5-8-20(9-6-18)35-25(26,27)28)17-36-24(31)30-16-19-7-10-21(33-2)15-23(19)34-3/h5-10,15,17,29H,4,11-14,16H2,1-3H3/b30-24-. The molecule has 0 fully saturated rings. The summed E-state index contributed by atoms with van der Waals surface area (Å²) < 4.78 is 59.5. The van der Waals surface area contributed by atoms with Crippen molar-refractivity contribution in [1.29, 1.82) is 0 Å². The van der Waals surface area contributed by atoms with Gasteiger partial charge >= 0.3 is 6.36 Å². The van der Waals surface area contributed by atoms with Crippen LogP contribution in [-0.2, 0) is 17.8 Å². The van der Waals surface area contributed by atoms with Crippen molar-refractivity contribution in [2.75, 3.05) is 41.0 Å². The maximum atomic E-state index is 12.5. The Bertz CT molecular complexity index is 1160. The van der Waals surface area contributed by atoms with Gasteiger partial charge in [0.25, 0.3) is 0 Å². The minimum Gasteiger partial charge on any atom is -0.497 e. The molecular weight excluding hydrogens is 495 g/mol. The normalized spacial score (nSPS) is 12.1. The van der Waals surface area contributed by atoms with Crippen LogP contribution in [0.15, 0.2) is 52.8 Å². The number of ether oxygens (including phenoxy) is 4. The molecule has 36 heavy (non-hydrogen) atoms. The second kappa shape index (κ2) is 13.3. The van der Waals surface area contributed by atoms with E-state index in [1.54, 1.807) is 33.5 Å². The minimum absolute atomic E-state index is 0.258. The lowest BCUT2D eigenvalue weighted by atomic mass is 10.1. The number of nitrogens with zero attached hydrogens (tertiary/aromatic N) is 2. The van der Waals surface area contributed by atoms with E-state index in [4.69, 9.17) is 19.2 Å². The Morgan fingerprint density at radius 3 is 2.39 bits per heavy atom. The van der Waals surface area contributed by atoms with E-state index in [1.807, 2.05) is 23.6 Å². The average Bonchev–Trinajstić information content (AvgIpc) is 3.26. The van der Waals surface area contributed by atoms with Gasteiger partial charge in [0.15, 0.2) is 4.80 Å². The van der Waals surface area contributed by atoms with Gasteiger partial charge in [0.1, 0.15) is 17.2 Å². The summed E-state index contributed by atoms with van der Waals surface area (Å²) >= 11 is 1.48. The predicted molar refractivity (Wildman–Crippen MR) is 133 cm³/mol. The summed E-state index contributed by atoms with van der Waals surface area (Å²) in [5.74, 6) is 1.12.